The lowest BCUT2D eigenvalue weighted by atomic mass is 9.93. The van der Waals surface area contributed by atoms with Crippen LogP contribution in [0.1, 0.15) is 22.8 Å². The topological polar surface area (TPSA) is 91.8 Å². The first-order valence-corrected chi connectivity index (χ1v) is 8.19. The van der Waals surface area contributed by atoms with Gasteiger partial charge in [-0.25, -0.2) is 9.18 Å². The number of likely N-dealkylation sites (N-methyl/N-ethyl adjacent to an activating group) is 1. The molecule has 4 rings (SSSR count). The zero-order valence-electron chi connectivity index (χ0n) is 14.4. The number of carboxylic acid groups (broad SMARTS) is 1. The van der Waals surface area contributed by atoms with Crippen LogP contribution in [0.2, 0.25) is 0 Å². The molecule has 2 atom stereocenters. The molecule has 140 valence electrons. The minimum Gasteiger partial charge on any atom is -0.477 e. The fourth-order valence-corrected chi connectivity index (χ4v) is 3.79. The molecule has 1 aromatic carbocycles. The molecule has 1 aromatic heterocycles. The van der Waals surface area contributed by atoms with Crippen molar-refractivity contribution in [2.24, 2.45) is 5.73 Å². The number of hydrogen-bond donors (Lipinski definition) is 2. The highest BCUT2D eigenvalue weighted by Crippen LogP contribution is 2.37. The molecule has 3 heterocycles. The molecule has 1 fully saturated rings. The van der Waals surface area contributed by atoms with Crippen LogP contribution in [0.15, 0.2) is 17.1 Å². The van der Waals surface area contributed by atoms with Crippen LogP contribution in [0.3, 0.4) is 0 Å². The Hall–Kier alpha value is -2.32. The minimum absolute atomic E-state index is 0. The third-order valence-electron chi connectivity index (χ3n) is 5.38. The zero-order chi connectivity index (χ0) is 18.0. The standard InChI is InChI=1S/C17H19FN4O3.ClH/c1-8-13(19)7-21(8)15-9-3-4-20(2)22-6-11(17(24)25)16(23)10(14(9)22)5-12(15)18;/h5-6,8,13H,3-4,7,19H2,1-2H3,(H,24,25);1H. The fraction of sp³-hybridized carbons (Fsp3) is 0.412. The first-order valence-electron chi connectivity index (χ1n) is 8.19. The Balaban J connectivity index is 0.00000196. The van der Waals surface area contributed by atoms with E-state index in [-0.39, 0.29) is 35.4 Å². The highest BCUT2D eigenvalue weighted by atomic mass is 35.5. The molecule has 9 heteroatoms. The van der Waals surface area contributed by atoms with Crippen LogP contribution in [0.25, 0.3) is 10.9 Å². The number of carboxylic acids is 1. The van der Waals surface area contributed by atoms with Gasteiger partial charge in [0.05, 0.1) is 16.6 Å². The summed E-state index contributed by atoms with van der Waals surface area (Å²) in [6.07, 6.45) is 1.90. The van der Waals surface area contributed by atoms with Crippen LogP contribution in [-0.4, -0.2) is 48.0 Å². The number of anilines is 1. The van der Waals surface area contributed by atoms with E-state index < -0.39 is 17.2 Å². The summed E-state index contributed by atoms with van der Waals surface area (Å²) < 4.78 is 16.6. The highest BCUT2D eigenvalue weighted by Gasteiger charge is 2.37. The molecule has 0 amide bonds. The van der Waals surface area contributed by atoms with Crippen molar-refractivity contribution in [3.8, 4) is 0 Å². The first-order chi connectivity index (χ1) is 11.8. The highest BCUT2D eigenvalue weighted by molar-refractivity contribution is 5.95. The first kappa shape index (κ1) is 18.5. The van der Waals surface area contributed by atoms with Crippen LogP contribution < -0.4 is 21.1 Å². The van der Waals surface area contributed by atoms with Gasteiger partial charge in [-0.15, -0.1) is 12.4 Å². The van der Waals surface area contributed by atoms with Crippen molar-refractivity contribution in [2.75, 3.05) is 30.0 Å². The number of hydrogen-bond acceptors (Lipinski definition) is 5. The SMILES string of the molecule is CC1C(N)CN1c1c(F)cc2c(=O)c(C(=O)O)cn3c2c1CCN3C.Cl. The molecular formula is C17H20ClFN4O3. The fourth-order valence-electron chi connectivity index (χ4n) is 3.79. The molecule has 2 aromatic rings. The van der Waals surface area contributed by atoms with E-state index >= 15 is 0 Å². The number of benzene rings is 1. The lowest BCUT2D eigenvalue weighted by Crippen LogP contribution is -2.63. The largest absolute Gasteiger partial charge is 0.477 e. The maximum absolute atomic E-state index is 14.9. The van der Waals surface area contributed by atoms with Gasteiger partial charge in [0, 0.05) is 44.0 Å². The Bertz CT molecular complexity index is 977. The van der Waals surface area contributed by atoms with Gasteiger partial charge in [0.15, 0.2) is 0 Å². The number of halogens is 2. The summed E-state index contributed by atoms with van der Waals surface area (Å²) in [5.41, 5.74) is 6.73. The number of pyridine rings is 1. The van der Waals surface area contributed by atoms with Crippen molar-refractivity contribution in [1.82, 2.24) is 4.68 Å². The Morgan fingerprint density at radius 3 is 2.69 bits per heavy atom. The Kier molecular flexibility index (Phi) is 4.36. The van der Waals surface area contributed by atoms with Crippen LogP contribution >= 0.6 is 12.4 Å². The summed E-state index contributed by atoms with van der Waals surface area (Å²) in [6.45, 7) is 3.10. The van der Waals surface area contributed by atoms with E-state index in [0.29, 0.717) is 30.7 Å². The van der Waals surface area contributed by atoms with Crippen molar-refractivity contribution >= 4 is 35.0 Å². The van der Waals surface area contributed by atoms with Crippen molar-refractivity contribution in [2.45, 2.75) is 25.4 Å². The molecule has 0 aliphatic carbocycles. The van der Waals surface area contributed by atoms with E-state index in [1.54, 1.807) is 4.68 Å². The normalized spacial score (nSPS) is 21.4. The van der Waals surface area contributed by atoms with Gasteiger partial charge < -0.3 is 20.7 Å². The minimum atomic E-state index is -1.32. The second-order valence-electron chi connectivity index (χ2n) is 6.79. The predicted molar refractivity (Wildman–Crippen MR) is 99.9 cm³/mol. The molecule has 0 spiro atoms. The van der Waals surface area contributed by atoms with E-state index in [1.807, 2.05) is 23.9 Å². The molecule has 26 heavy (non-hydrogen) atoms. The quantitative estimate of drug-likeness (QED) is 0.802. The Morgan fingerprint density at radius 2 is 2.12 bits per heavy atom. The Labute approximate surface area is 155 Å². The number of carbonyl (C=O) groups is 1. The number of nitrogens with two attached hydrogens (primary N) is 1. The van der Waals surface area contributed by atoms with Crippen molar-refractivity contribution < 1.29 is 14.3 Å². The van der Waals surface area contributed by atoms with Crippen LogP contribution in [0.4, 0.5) is 10.1 Å². The molecule has 2 aliphatic heterocycles. The zero-order valence-corrected chi connectivity index (χ0v) is 15.2. The third-order valence-corrected chi connectivity index (χ3v) is 5.38. The van der Waals surface area contributed by atoms with Gasteiger partial charge >= 0.3 is 5.97 Å². The summed E-state index contributed by atoms with van der Waals surface area (Å²) in [4.78, 5) is 25.8. The number of aromatic nitrogens is 1. The van der Waals surface area contributed by atoms with Gasteiger partial charge in [0.1, 0.15) is 11.4 Å². The van der Waals surface area contributed by atoms with E-state index in [0.717, 1.165) is 11.6 Å². The van der Waals surface area contributed by atoms with Gasteiger partial charge in [-0.3, -0.25) is 9.47 Å². The van der Waals surface area contributed by atoms with Gasteiger partial charge in [-0.2, -0.15) is 0 Å². The van der Waals surface area contributed by atoms with E-state index in [1.165, 1.54) is 6.20 Å². The molecule has 0 bridgehead atoms. The maximum Gasteiger partial charge on any atom is 0.341 e. The molecule has 0 saturated carbocycles. The lowest BCUT2D eigenvalue weighted by molar-refractivity contribution is 0.0695. The smallest absolute Gasteiger partial charge is 0.341 e. The van der Waals surface area contributed by atoms with Crippen molar-refractivity contribution in [3.05, 3.63) is 39.4 Å². The summed E-state index contributed by atoms with van der Waals surface area (Å²) in [6, 6.07) is 1.17. The van der Waals surface area contributed by atoms with Gasteiger partial charge in [-0.05, 0) is 19.4 Å². The molecule has 2 unspecified atom stereocenters. The number of nitrogens with zero attached hydrogens (tertiary/aromatic N) is 3. The second-order valence-corrected chi connectivity index (χ2v) is 6.79. The molecule has 0 radical (unpaired) electrons. The van der Waals surface area contributed by atoms with Crippen LogP contribution in [0, 0.1) is 5.82 Å². The Morgan fingerprint density at radius 1 is 1.42 bits per heavy atom. The maximum atomic E-state index is 14.9. The number of aromatic carboxylic acids is 1. The van der Waals surface area contributed by atoms with Crippen LogP contribution in [0.5, 0.6) is 0 Å². The number of rotatable bonds is 2. The van der Waals surface area contributed by atoms with Gasteiger partial charge in [0.2, 0.25) is 5.43 Å². The van der Waals surface area contributed by atoms with Crippen molar-refractivity contribution in [1.29, 1.82) is 0 Å². The summed E-state index contributed by atoms with van der Waals surface area (Å²) >= 11 is 0. The monoisotopic (exact) mass is 382 g/mol. The summed E-state index contributed by atoms with van der Waals surface area (Å²) in [7, 11) is 1.81. The average Bonchev–Trinajstić information content (AvgIpc) is 2.57. The van der Waals surface area contributed by atoms with E-state index in [4.69, 9.17) is 5.73 Å². The van der Waals surface area contributed by atoms with Crippen molar-refractivity contribution in [3.63, 3.8) is 0 Å². The van der Waals surface area contributed by atoms with Gasteiger partial charge in [-0.1, -0.05) is 0 Å². The average molecular weight is 383 g/mol. The lowest BCUT2D eigenvalue weighted by Gasteiger charge is -2.47. The predicted octanol–water partition coefficient (Wildman–Crippen LogP) is 0.920. The van der Waals surface area contributed by atoms with E-state index in [9.17, 15) is 19.1 Å². The second kappa shape index (κ2) is 6.14. The molecule has 1 saturated heterocycles. The van der Waals surface area contributed by atoms with E-state index in [2.05, 4.69) is 0 Å². The van der Waals surface area contributed by atoms with Crippen LogP contribution in [-0.2, 0) is 6.42 Å². The summed E-state index contributed by atoms with van der Waals surface area (Å²) in [5, 5.41) is 11.2. The molecule has 7 nitrogen and oxygen atoms in total. The molecule has 2 aliphatic rings. The third kappa shape index (κ3) is 2.36. The molecule has 3 N–H and O–H groups in total. The van der Waals surface area contributed by atoms with Gasteiger partial charge in [0.25, 0.3) is 0 Å². The molecular weight excluding hydrogens is 363 g/mol. The summed E-state index contributed by atoms with van der Waals surface area (Å²) in [5.74, 6) is -1.82.